The lowest BCUT2D eigenvalue weighted by molar-refractivity contribution is 0.807. The quantitative estimate of drug-likeness (QED) is 0.849. The van der Waals surface area contributed by atoms with Gasteiger partial charge in [-0.3, -0.25) is 0 Å². The lowest BCUT2D eigenvalue weighted by Crippen LogP contribution is -2.06. The summed E-state index contributed by atoms with van der Waals surface area (Å²) in [7, 11) is 1.91. The van der Waals surface area contributed by atoms with Crippen molar-refractivity contribution in [2.75, 3.05) is 7.05 Å². The molecule has 1 heterocycles. The lowest BCUT2D eigenvalue weighted by atomic mass is 10.1. The summed E-state index contributed by atoms with van der Waals surface area (Å²) in [4.78, 5) is 8.72. The van der Waals surface area contributed by atoms with E-state index in [1.54, 1.807) is 0 Å². The molecule has 2 rings (SSSR count). The van der Waals surface area contributed by atoms with E-state index in [0.29, 0.717) is 0 Å². The fourth-order valence-electron chi connectivity index (χ4n) is 1.58. The summed E-state index contributed by atoms with van der Waals surface area (Å²) in [5.74, 6) is 0.781. The molecule has 0 radical (unpaired) electrons. The lowest BCUT2D eigenvalue weighted by Gasteiger charge is -2.03. The number of nitrogens with one attached hydrogen (secondary N) is 1. The molecule has 1 N–H and O–H groups in total. The molecule has 0 bridgehead atoms. The maximum Gasteiger partial charge on any atom is 0.159 e. The molecule has 0 aliphatic heterocycles. The largest absolute Gasteiger partial charge is 0.316 e. The minimum Gasteiger partial charge on any atom is -0.316 e. The second-order valence-electron chi connectivity index (χ2n) is 3.81. The smallest absolute Gasteiger partial charge is 0.159 e. The third-order valence-electron chi connectivity index (χ3n) is 2.36. The Labute approximate surface area is 95.6 Å². The van der Waals surface area contributed by atoms with Crippen molar-refractivity contribution in [3.63, 3.8) is 0 Å². The maximum atomic E-state index is 4.36. The standard InChI is InChI=1S/C13H15N3/c1-10-4-3-5-12(6-10)13-15-8-11(7-14-2)9-16-13/h3-6,8-9,14H,7H2,1-2H3. The third kappa shape index (κ3) is 2.44. The molecule has 0 fully saturated rings. The Balaban J connectivity index is 2.27. The van der Waals surface area contributed by atoms with Crippen LogP contribution in [0.1, 0.15) is 11.1 Å². The van der Waals surface area contributed by atoms with Crippen LogP contribution in [0, 0.1) is 6.92 Å². The number of hydrogen-bond acceptors (Lipinski definition) is 3. The Morgan fingerprint density at radius 1 is 1.19 bits per heavy atom. The van der Waals surface area contributed by atoms with Crippen molar-refractivity contribution in [2.45, 2.75) is 13.5 Å². The van der Waals surface area contributed by atoms with Gasteiger partial charge < -0.3 is 5.32 Å². The first-order valence-electron chi connectivity index (χ1n) is 5.32. The molecular weight excluding hydrogens is 198 g/mol. The Morgan fingerprint density at radius 3 is 2.56 bits per heavy atom. The van der Waals surface area contributed by atoms with Gasteiger partial charge in [0, 0.05) is 30.1 Å². The first-order chi connectivity index (χ1) is 7.79. The van der Waals surface area contributed by atoms with Crippen LogP contribution in [0.3, 0.4) is 0 Å². The molecule has 0 spiro atoms. The highest BCUT2D eigenvalue weighted by Crippen LogP contribution is 2.15. The minimum atomic E-state index is 0.781. The van der Waals surface area contributed by atoms with Crippen LogP contribution in [0.2, 0.25) is 0 Å². The van der Waals surface area contributed by atoms with E-state index in [9.17, 15) is 0 Å². The third-order valence-corrected chi connectivity index (χ3v) is 2.36. The van der Waals surface area contributed by atoms with E-state index in [-0.39, 0.29) is 0 Å². The van der Waals surface area contributed by atoms with Crippen LogP contribution in [-0.4, -0.2) is 17.0 Å². The van der Waals surface area contributed by atoms with Gasteiger partial charge in [0.1, 0.15) is 0 Å². The molecule has 1 aromatic carbocycles. The molecule has 0 saturated carbocycles. The zero-order valence-corrected chi connectivity index (χ0v) is 9.57. The van der Waals surface area contributed by atoms with Crippen LogP contribution in [0.15, 0.2) is 36.7 Å². The summed E-state index contributed by atoms with van der Waals surface area (Å²) in [6, 6.07) is 8.21. The van der Waals surface area contributed by atoms with Crippen molar-refractivity contribution in [2.24, 2.45) is 0 Å². The molecule has 0 aliphatic rings. The van der Waals surface area contributed by atoms with Gasteiger partial charge in [-0.2, -0.15) is 0 Å². The number of aryl methyl sites for hydroxylation is 1. The molecule has 3 heteroatoms. The maximum absolute atomic E-state index is 4.36. The van der Waals surface area contributed by atoms with Gasteiger partial charge in [0.15, 0.2) is 5.82 Å². The highest BCUT2D eigenvalue weighted by molar-refractivity contribution is 5.55. The highest BCUT2D eigenvalue weighted by Gasteiger charge is 2.00. The van der Waals surface area contributed by atoms with Crippen LogP contribution in [0.5, 0.6) is 0 Å². The number of aromatic nitrogens is 2. The van der Waals surface area contributed by atoms with Crippen LogP contribution < -0.4 is 5.32 Å². The van der Waals surface area contributed by atoms with Crippen LogP contribution in [0.4, 0.5) is 0 Å². The summed E-state index contributed by atoms with van der Waals surface area (Å²) in [5, 5.41) is 3.07. The molecule has 0 amide bonds. The van der Waals surface area contributed by atoms with Gasteiger partial charge >= 0.3 is 0 Å². The Hall–Kier alpha value is -1.74. The second-order valence-corrected chi connectivity index (χ2v) is 3.81. The van der Waals surface area contributed by atoms with Gasteiger partial charge in [-0.05, 0) is 20.0 Å². The van der Waals surface area contributed by atoms with Crippen LogP contribution in [-0.2, 0) is 6.54 Å². The normalized spacial score (nSPS) is 10.4. The monoisotopic (exact) mass is 213 g/mol. The van der Waals surface area contributed by atoms with E-state index in [1.807, 2.05) is 31.6 Å². The van der Waals surface area contributed by atoms with Crippen LogP contribution >= 0.6 is 0 Å². The van der Waals surface area contributed by atoms with Crippen molar-refractivity contribution in [1.29, 1.82) is 0 Å². The zero-order valence-electron chi connectivity index (χ0n) is 9.57. The average Bonchev–Trinajstić information content (AvgIpc) is 2.30. The second kappa shape index (κ2) is 4.86. The molecule has 0 aliphatic carbocycles. The van der Waals surface area contributed by atoms with Gasteiger partial charge in [0.25, 0.3) is 0 Å². The molecular formula is C13H15N3. The van der Waals surface area contributed by atoms with Crippen molar-refractivity contribution in [3.05, 3.63) is 47.8 Å². The van der Waals surface area contributed by atoms with Crippen molar-refractivity contribution >= 4 is 0 Å². The van der Waals surface area contributed by atoms with E-state index in [1.165, 1.54) is 5.56 Å². The van der Waals surface area contributed by atoms with Gasteiger partial charge in [0.2, 0.25) is 0 Å². The molecule has 0 saturated heterocycles. The molecule has 16 heavy (non-hydrogen) atoms. The highest BCUT2D eigenvalue weighted by atomic mass is 14.9. The minimum absolute atomic E-state index is 0.781. The fourth-order valence-corrected chi connectivity index (χ4v) is 1.58. The number of rotatable bonds is 3. The topological polar surface area (TPSA) is 37.8 Å². The summed E-state index contributed by atoms with van der Waals surface area (Å²) in [5.41, 5.74) is 3.38. The van der Waals surface area contributed by atoms with E-state index in [2.05, 4.69) is 34.3 Å². The number of hydrogen-bond donors (Lipinski definition) is 1. The summed E-state index contributed by atoms with van der Waals surface area (Å²) in [6.45, 7) is 2.87. The summed E-state index contributed by atoms with van der Waals surface area (Å²) < 4.78 is 0. The van der Waals surface area contributed by atoms with Crippen LogP contribution in [0.25, 0.3) is 11.4 Å². The predicted molar refractivity (Wildman–Crippen MR) is 65.0 cm³/mol. The van der Waals surface area contributed by atoms with E-state index < -0.39 is 0 Å². The fraction of sp³-hybridized carbons (Fsp3) is 0.231. The zero-order chi connectivity index (χ0) is 11.4. The number of benzene rings is 1. The molecule has 0 atom stereocenters. The predicted octanol–water partition coefficient (Wildman–Crippen LogP) is 2.17. The van der Waals surface area contributed by atoms with Gasteiger partial charge in [-0.25, -0.2) is 9.97 Å². The van der Waals surface area contributed by atoms with Crippen molar-refractivity contribution in [3.8, 4) is 11.4 Å². The van der Waals surface area contributed by atoms with E-state index >= 15 is 0 Å². The Morgan fingerprint density at radius 2 is 1.94 bits per heavy atom. The first kappa shape index (κ1) is 10.8. The van der Waals surface area contributed by atoms with E-state index in [0.717, 1.165) is 23.5 Å². The molecule has 1 aromatic heterocycles. The molecule has 2 aromatic rings. The molecule has 3 nitrogen and oxygen atoms in total. The Kier molecular flexibility index (Phi) is 3.27. The summed E-state index contributed by atoms with van der Waals surface area (Å²) in [6.07, 6.45) is 3.72. The Bertz CT molecular complexity index is 463. The number of nitrogens with zero attached hydrogens (tertiary/aromatic N) is 2. The van der Waals surface area contributed by atoms with Gasteiger partial charge in [0.05, 0.1) is 0 Å². The molecule has 82 valence electrons. The van der Waals surface area contributed by atoms with E-state index in [4.69, 9.17) is 0 Å². The molecule has 0 unspecified atom stereocenters. The van der Waals surface area contributed by atoms with Gasteiger partial charge in [-0.1, -0.05) is 23.8 Å². The SMILES string of the molecule is CNCc1cnc(-c2cccc(C)c2)nc1. The average molecular weight is 213 g/mol. The first-order valence-corrected chi connectivity index (χ1v) is 5.32. The summed E-state index contributed by atoms with van der Waals surface area (Å²) >= 11 is 0. The van der Waals surface area contributed by atoms with Crippen molar-refractivity contribution < 1.29 is 0 Å². The van der Waals surface area contributed by atoms with Crippen molar-refractivity contribution in [1.82, 2.24) is 15.3 Å². The van der Waals surface area contributed by atoms with Gasteiger partial charge in [-0.15, -0.1) is 0 Å².